The number of amides is 1. The minimum absolute atomic E-state index is 0.169. The molecule has 1 heterocycles. The Bertz CT molecular complexity index is 1620. The Morgan fingerprint density at radius 3 is 2.45 bits per heavy atom. The number of nitrogens with one attached hydrogen (secondary N) is 3. The van der Waals surface area contributed by atoms with Crippen molar-refractivity contribution in [2.24, 2.45) is 0 Å². The van der Waals surface area contributed by atoms with Gasteiger partial charge in [-0.25, -0.2) is 14.4 Å². The van der Waals surface area contributed by atoms with Gasteiger partial charge in [-0.15, -0.1) is 0 Å². The highest BCUT2D eigenvalue weighted by atomic mass is 35.5. The highest BCUT2D eigenvalue weighted by Crippen LogP contribution is 2.38. The van der Waals surface area contributed by atoms with Crippen molar-refractivity contribution in [1.29, 1.82) is 0 Å². The summed E-state index contributed by atoms with van der Waals surface area (Å²) in [6.45, 7) is 5.25. The van der Waals surface area contributed by atoms with Gasteiger partial charge in [-0.2, -0.15) is 4.98 Å². The zero-order valence-corrected chi connectivity index (χ0v) is 25.7. The molecule has 0 bridgehead atoms. The van der Waals surface area contributed by atoms with Crippen molar-refractivity contribution in [2.75, 3.05) is 62.2 Å². The number of benzene rings is 3. The summed E-state index contributed by atoms with van der Waals surface area (Å²) in [5.74, 6) is 0.772. The Hall–Kier alpha value is -4.94. The fourth-order valence-corrected chi connectivity index (χ4v) is 4.29. The van der Waals surface area contributed by atoms with Crippen LogP contribution in [-0.4, -0.2) is 67.1 Å². The molecule has 0 saturated heterocycles. The van der Waals surface area contributed by atoms with Crippen LogP contribution in [0.2, 0.25) is 5.02 Å². The molecule has 0 aliphatic carbocycles. The number of hydrogen-bond donors (Lipinski definition) is 3. The molecule has 3 aromatic carbocycles. The molecule has 11 nitrogen and oxygen atoms in total. The van der Waals surface area contributed by atoms with Crippen LogP contribution in [0, 0.1) is 5.82 Å². The van der Waals surface area contributed by atoms with E-state index >= 15 is 0 Å². The van der Waals surface area contributed by atoms with Gasteiger partial charge in [0.2, 0.25) is 17.8 Å². The van der Waals surface area contributed by atoms with Crippen LogP contribution in [0.4, 0.5) is 39.0 Å². The number of carbonyl (C=O) groups is 1. The van der Waals surface area contributed by atoms with Crippen molar-refractivity contribution >= 4 is 52.2 Å². The summed E-state index contributed by atoms with van der Waals surface area (Å²) in [5.41, 5.74) is 3.15. The quantitative estimate of drug-likeness (QED) is 0.148. The molecule has 1 amide bonds. The predicted octanol–water partition coefficient (Wildman–Crippen LogP) is 5.86. The Kier molecular flexibility index (Phi) is 10.9. The number of rotatable bonds is 14. The predicted molar refractivity (Wildman–Crippen MR) is 172 cm³/mol. The number of anilines is 6. The van der Waals surface area contributed by atoms with E-state index in [2.05, 4.69) is 42.4 Å². The topological polar surface area (TPSA) is 117 Å². The van der Waals surface area contributed by atoms with Gasteiger partial charge in [-0.1, -0.05) is 30.3 Å². The fraction of sp³-hybridized carbons (Fsp3) is 0.226. The minimum Gasteiger partial charge on any atom is -0.494 e. The Balaban J connectivity index is 1.51. The maximum atomic E-state index is 13.5. The van der Waals surface area contributed by atoms with Crippen LogP contribution in [0.1, 0.15) is 5.56 Å². The molecule has 0 fully saturated rings. The van der Waals surface area contributed by atoms with E-state index in [9.17, 15) is 9.18 Å². The lowest BCUT2D eigenvalue weighted by atomic mass is 10.2. The fourth-order valence-electron chi connectivity index (χ4n) is 4.06. The van der Waals surface area contributed by atoms with Gasteiger partial charge in [0.15, 0.2) is 0 Å². The SMILES string of the molecule is C=CC(=O)Nc1cc(Nc2ncnc(Nc3ccc(OCc4cccc(F)c4)c(Cl)c3)n2)c(OC)cc1N(C)CCN(C)C. The standard InChI is InChI=1S/C31H34ClFN8O3/c1-6-29(42)37-24-16-25(28(43-5)17-26(24)41(4)13-12-40(2)3)38-31-35-19-34-30(39-31)36-22-10-11-27(23(32)15-22)44-18-20-8-7-9-21(33)14-20/h6-11,14-17,19H,1,12-13,18H2,2-5H3,(H,37,42)(H2,34,35,36,38,39). The first-order valence-electron chi connectivity index (χ1n) is 13.6. The van der Waals surface area contributed by atoms with Crippen molar-refractivity contribution in [3.05, 3.63) is 90.0 Å². The third-order valence-electron chi connectivity index (χ3n) is 6.34. The van der Waals surface area contributed by atoms with Crippen LogP contribution >= 0.6 is 11.6 Å². The third-order valence-corrected chi connectivity index (χ3v) is 6.64. The van der Waals surface area contributed by atoms with Gasteiger partial charge in [0.25, 0.3) is 0 Å². The number of carbonyl (C=O) groups excluding carboxylic acids is 1. The largest absolute Gasteiger partial charge is 0.494 e. The lowest BCUT2D eigenvalue weighted by Gasteiger charge is -2.26. The van der Waals surface area contributed by atoms with Crippen LogP contribution in [0.3, 0.4) is 0 Å². The monoisotopic (exact) mass is 620 g/mol. The molecular formula is C31H34ClFN8O3. The Labute approximate surface area is 260 Å². The lowest BCUT2D eigenvalue weighted by molar-refractivity contribution is -0.111. The van der Waals surface area contributed by atoms with E-state index in [0.717, 1.165) is 12.2 Å². The van der Waals surface area contributed by atoms with E-state index in [4.69, 9.17) is 21.1 Å². The second kappa shape index (κ2) is 15.0. The Morgan fingerprint density at radius 1 is 1.00 bits per heavy atom. The molecule has 230 valence electrons. The molecule has 0 atom stereocenters. The molecule has 0 saturated carbocycles. The van der Waals surface area contributed by atoms with Crippen molar-refractivity contribution < 1.29 is 18.7 Å². The van der Waals surface area contributed by atoms with Gasteiger partial charge in [0, 0.05) is 31.9 Å². The number of ether oxygens (including phenoxy) is 2. The van der Waals surface area contributed by atoms with E-state index in [1.807, 2.05) is 32.1 Å². The first-order chi connectivity index (χ1) is 21.1. The summed E-state index contributed by atoms with van der Waals surface area (Å²) in [7, 11) is 7.49. The van der Waals surface area contributed by atoms with E-state index in [1.165, 1.54) is 24.5 Å². The zero-order chi connectivity index (χ0) is 31.6. The van der Waals surface area contributed by atoms with Crippen LogP contribution in [0.25, 0.3) is 0 Å². The van der Waals surface area contributed by atoms with Crippen molar-refractivity contribution in [3.8, 4) is 11.5 Å². The van der Waals surface area contributed by atoms with Crippen molar-refractivity contribution in [1.82, 2.24) is 19.9 Å². The molecule has 3 N–H and O–H groups in total. The normalized spacial score (nSPS) is 10.7. The van der Waals surface area contributed by atoms with Crippen LogP contribution in [0.15, 0.2) is 73.6 Å². The molecule has 4 aromatic rings. The zero-order valence-electron chi connectivity index (χ0n) is 24.9. The molecule has 0 unspecified atom stereocenters. The molecule has 0 spiro atoms. The van der Waals surface area contributed by atoms with Crippen LogP contribution in [-0.2, 0) is 11.4 Å². The van der Waals surface area contributed by atoms with E-state index in [1.54, 1.807) is 43.5 Å². The first kappa shape index (κ1) is 32.0. The molecule has 13 heteroatoms. The first-order valence-corrected chi connectivity index (χ1v) is 13.9. The number of likely N-dealkylation sites (N-methyl/N-ethyl adjacent to an activating group) is 2. The van der Waals surface area contributed by atoms with E-state index in [-0.39, 0.29) is 30.2 Å². The van der Waals surface area contributed by atoms with E-state index < -0.39 is 0 Å². The maximum absolute atomic E-state index is 13.5. The van der Waals surface area contributed by atoms with Gasteiger partial charge < -0.3 is 35.2 Å². The number of methoxy groups -OCH3 is 1. The molecule has 0 aliphatic rings. The second-order valence-corrected chi connectivity index (χ2v) is 10.3. The molecule has 4 rings (SSSR count). The summed E-state index contributed by atoms with van der Waals surface area (Å²) in [6.07, 6.45) is 2.56. The molecule has 0 aliphatic heterocycles. The number of hydrogen-bond acceptors (Lipinski definition) is 10. The smallest absolute Gasteiger partial charge is 0.247 e. The van der Waals surface area contributed by atoms with Crippen LogP contribution < -0.4 is 30.3 Å². The van der Waals surface area contributed by atoms with Crippen molar-refractivity contribution in [3.63, 3.8) is 0 Å². The molecule has 1 aromatic heterocycles. The summed E-state index contributed by atoms with van der Waals surface area (Å²) in [5, 5.41) is 9.47. The lowest BCUT2D eigenvalue weighted by Crippen LogP contribution is -2.29. The van der Waals surface area contributed by atoms with Gasteiger partial charge in [-0.3, -0.25) is 4.79 Å². The minimum atomic E-state index is -0.348. The maximum Gasteiger partial charge on any atom is 0.247 e. The van der Waals surface area contributed by atoms with Crippen molar-refractivity contribution in [2.45, 2.75) is 6.61 Å². The summed E-state index contributed by atoms with van der Waals surface area (Å²) >= 11 is 6.44. The molecule has 0 radical (unpaired) electrons. The van der Waals surface area contributed by atoms with E-state index in [0.29, 0.717) is 45.7 Å². The molecule has 44 heavy (non-hydrogen) atoms. The second-order valence-electron chi connectivity index (χ2n) is 9.93. The average Bonchev–Trinajstić information content (AvgIpc) is 2.99. The molecular weight excluding hydrogens is 587 g/mol. The van der Waals surface area contributed by atoms with Crippen LogP contribution in [0.5, 0.6) is 11.5 Å². The number of nitrogens with zero attached hydrogens (tertiary/aromatic N) is 5. The Morgan fingerprint density at radius 2 is 1.77 bits per heavy atom. The van der Waals surface area contributed by atoms with Gasteiger partial charge >= 0.3 is 0 Å². The highest BCUT2D eigenvalue weighted by molar-refractivity contribution is 6.32. The highest BCUT2D eigenvalue weighted by Gasteiger charge is 2.17. The summed E-state index contributed by atoms with van der Waals surface area (Å²) in [6, 6.07) is 14.9. The van der Waals surface area contributed by atoms with Gasteiger partial charge in [0.1, 0.15) is 30.3 Å². The van der Waals surface area contributed by atoms with Gasteiger partial charge in [-0.05, 0) is 62.1 Å². The third kappa shape index (κ3) is 8.79. The average molecular weight is 621 g/mol. The summed E-state index contributed by atoms with van der Waals surface area (Å²) < 4.78 is 24.9. The number of aromatic nitrogens is 3. The van der Waals surface area contributed by atoms with Gasteiger partial charge in [0.05, 0.1) is 29.2 Å². The summed E-state index contributed by atoms with van der Waals surface area (Å²) in [4.78, 5) is 29.2. The number of halogens is 2.